The molecule has 4 aromatic rings. The second kappa shape index (κ2) is 6.70. The van der Waals surface area contributed by atoms with Crippen molar-refractivity contribution >= 4 is 34.1 Å². The number of aryl methyl sites for hydroxylation is 2. The van der Waals surface area contributed by atoms with E-state index in [1.165, 1.54) is 0 Å². The summed E-state index contributed by atoms with van der Waals surface area (Å²) in [7, 11) is 1.88. The van der Waals surface area contributed by atoms with Crippen LogP contribution in [-0.4, -0.2) is 35.6 Å². The van der Waals surface area contributed by atoms with Crippen molar-refractivity contribution in [2.24, 2.45) is 7.05 Å². The number of thiophene rings is 1. The normalized spacial score (nSPS) is 11.4. The van der Waals surface area contributed by atoms with Crippen molar-refractivity contribution < 1.29 is 4.52 Å². The summed E-state index contributed by atoms with van der Waals surface area (Å²) in [5.41, 5.74) is 0.852. The third kappa shape index (κ3) is 3.04. The Morgan fingerprint density at radius 1 is 1.33 bits per heavy atom. The summed E-state index contributed by atoms with van der Waals surface area (Å²) in [6, 6.07) is 3.97. The Kier molecular flexibility index (Phi) is 4.26. The van der Waals surface area contributed by atoms with Gasteiger partial charge in [0.15, 0.2) is 5.65 Å². The second-order valence-corrected chi connectivity index (χ2v) is 7.16. The number of hydrogen-bond donors (Lipinski definition) is 0. The quantitative estimate of drug-likeness (QED) is 0.297. The van der Waals surface area contributed by atoms with Crippen LogP contribution in [0.25, 0.3) is 21.7 Å². The molecule has 4 aromatic heterocycles. The fourth-order valence-corrected chi connectivity index (χ4v) is 3.86. The van der Waals surface area contributed by atoms with Crippen molar-refractivity contribution in [3.05, 3.63) is 35.9 Å². The first-order valence-corrected chi connectivity index (χ1v) is 9.30. The van der Waals surface area contributed by atoms with Crippen LogP contribution in [0.4, 0.5) is 0 Å². The molecule has 0 radical (unpaired) electrons. The number of nitrogens with zero attached hydrogens (tertiary/aromatic N) is 6. The highest BCUT2D eigenvalue weighted by Crippen LogP contribution is 2.25. The largest absolute Gasteiger partial charge is 0.339 e. The predicted molar refractivity (Wildman–Crippen MR) is 93.0 cm³/mol. The highest BCUT2D eigenvalue weighted by Gasteiger charge is 2.11. The molecule has 0 amide bonds. The molecule has 0 saturated carbocycles. The van der Waals surface area contributed by atoms with Crippen molar-refractivity contribution in [1.82, 2.24) is 29.9 Å². The van der Waals surface area contributed by atoms with Crippen LogP contribution in [0.3, 0.4) is 0 Å². The smallest absolute Gasteiger partial charge is 0.227 e. The van der Waals surface area contributed by atoms with Gasteiger partial charge in [-0.3, -0.25) is 4.68 Å². The highest BCUT2D eigenvalue weighted by molar-refractivity contribution is 7.99. The van der Waals surface area contributed by atoms with Crippen LogP contribution >= 0.6 is 23.1 Å². The summed E-state index contributed by atoms with van der Waals surface area (Å²) in [6.45, 7) is 0. The van der Waals surface area contributed by atoms with Crippen molar-refractivity contribution in [2.45, 2.75) is 17.9 Å². The average Bonchev–Trinajstić information content (AvgIpc) is 3.33. The first-order valence-electron chi connectivity index (χ1n) is 7.43. The summed E-state index contributed by atoms with van der Waals surface area (Å²) in [5.74, 6) is 2.26. The van der Waals surface area contributed by atoms with Gasteiger partial charge in [0.25, 0.3) is 0 Å². The van der Waals surface area contributed by atoms with Gasteiger partial charge >= 0.3 is 0 Å². The lowest BCUT2D eigenvalue weighted by molar-refractivity contribution is 0.378. The number of fused-ring (bicyclic) bond motifs is 1. The van der Waals surface area contributed by atoms with Gasteiger partial charge in [0.1, 0.15) is 11.4 Å². The minimum absolute atomic E-state index is 0.667. The molecule has 0 atom stereocenters. The zero-order chi connectivity index (χ0) is 16.4. The van der Waals surface area contributed by atoms with E-state index in [4.69, 9.17) is 4.52 Å². The van der Waals surface area contributed by atoms with Crippen molar-refractivity contribution in [3.8, 4) is 10.7 Å². The van der Waals surface area contributed by atoms with Crippen LogP contribution in [0.15, 0.2) is 39.6 Å². The maximum Gasteiger partial charge on any atom is 0.227 e. The molecule has 9 heteroatoms. The van der Waals surface area contributed by atoms with Gasteiger partial charge in [-0.25, -0.2) is 9.97 Å². The van der Waals surface area contributed by atoms with Crippen LogP contribution in [0.1, 0.15) is 12.3 Å². The SMILES string of the molecule is Cn1ncc2c(SCCCc3nc(-c4cccs4)no3)ncnc21. The van der Waals surface area contributed by atoms with Gasteiger partial charge in [-0.05, 0) is 17.9 Å². The maximum atomic E-state index is 5.31. The van der Waals surface area contributed by atoms with E-state index >= 15 is 0 Å². The Labute approximate surface area is 146 Å². The lowest BCUT2D eigenvalue weighted by Crippen LogP contribution is -1.93. The van der Waals surface area contributed by atoms with Gasteiger partial charge in [0.2, 0.25) is 11.7 Å². The summed E-state index contributed by atoms with van der Waals surface area (Å²) in [6.07, 6.45) is 5.08. The van der Waals surface area contributed by atoms with E-state index in [0.29, 0.717) is 11.7 Å². The lowest BCUT2D eigenvalue weighted by Gasteiger charge is -2.01. The molecule has 0 bridgehead atoms. The zero-order valence-corrected chi connectivity index (χ0v) is 14.5. The van der Waals surface area contributed by atoms with Crippen LogP contribution in [0, 0.1) is 0 Å². The molecule has 0 aromatic carbocycles. The van der Waals surface area contributed by atoms with Gasteiger partial charge < -0.3 is 4.52 Å². The molecule has 0 N–H and O–H groups in total. The molecule has 0 unspecified atom stereocenters. The Bertz CT molecular complexity index is 946. The topological polar surface area (TPSA) is 82.5 Å². The molecule has 122 valence electrons. The molecule has 0 saturated heterocycles. The summed E-state index contributed by atoms with van der Waals surface area (Å²) in [5, 5.41) is 12.2. The van der Waals surface area contributed by atoms with Crippen molar-refractivity contribution in [3.63, 3.8) is 0 Å². The monoisotopic (exact) mass is 358 g/mol. The predicted octanol–water partition coefficient (Wildman–Crippen LogP) is 3.20. The molecule has 0 aliphatic heterocycles. The molecule has 0 fully saturated rings. The van der Waals surface area contributed by atoms with E-state index in [9.17, 15) is 0 Å². The Morgan fingerprint density at radius 2 is 2.29 bits per heavy atom. The second-order valence-electron chi connectivity index (χ2n) is 5.13. The Hall–Kier alpha value is -2.26. The summed E-state index contributed by atoms with van der Waals surface area (Å²) >= 11 is 3.30. The molecule has 4 rings (SSSR count). The highest BCUT2D eigenvalue weighted by atomic mass is 32.2. The molecule has 4 heterocycles. The van der Waals surface area contributed by atoms with Gasteiger partial charge in [0, 0.05) is 19.2 Å². The minimum Gasteiger partial charge on any atom is -0.339 e. The van der Waals surface area contributed by atoms with Crippen LogP contribution in [0.2, 0.25) is 0 Å². The van der Waals surface area contributed by atoms with E-state index in [0.717, 1.165) is 39.5 Å². The van der Waals surface area contributed by atoms with Crippen LogP contribution in [0.5, 0.6) is 0 Å². The van der Waals surface area contributed by atoms with E-state index < -0.39 is 0 Å². The molecular formula is C15H14N6OS2. The summed E-state index contributed by atoms with van der Waals surface area (Å²) < 4.78 is 7.07. The fraction of sp³-hybridized carbons (Fsp3) is 0.267. The maximum absolute atomic E-state index is 5.31. The van der Waals surface area contributed by atoms with Gasteiger partial charge in [-0.2, -0.15) is 10.1 Å². The minimum atomic E-state index is 0.667. The van der Waals surface area contributed by atoms with Crippen LogP contribution in [-0.2, 0) is 13.5 Å². The number of aromatic nitrogens is 6. The third-order valence-electron chi connectivity index (χ3n) is 3.48. The first kappa shape index (κ1) is 15.3. The number of rotatable bonds is 6. The van der Waals surface area contributed by atoms with E-state index in [2.05, 4.69) is 25.2 Å². The Balaban J connectivity index is 1.34. The fourth-order valence-electron chi connectivity index (χ4n) is 2.31. The molecule has 7 nitrogen and oxygen atoms in total. The van der Waals surface area contributed by atoms with E-state index in [-0.39, 0.29) is 0 Å². The van der Waals surface area contributed by atoms with Crippen molar-refractivity contribution in [2.75, 3.05) is 5.75 Å². The number of thioether (sulfide) groups is 1. The van der Waals surface area contributed by atoms with Gasteiger partial charge in [0.05, 0.1) is 16.5 Å². The lowest BCUT2D eigenvalue weighted by atomic mass is 10.3. The van der Waals surface area contributed by atoms with E-state index in [1.54, 1.807) is 34.1 Å². The molecule has 0 spiro atoms. The molecule has 0 aliphatic rings. The average molecular weight is 358 g/mol. The third-order valence-corrected chi connectivity index (χ3v) is 5.43. The summed E-state index contributed by atoms with van der Waals surface area (Å²) in [4.78, 5) is 14.1. The van der Waals surface area contributed by atoms with Gasteiger partial charge in [-0.1, -0.05) is 11.2 Å². The standard InChI is InChI=1S/C15H14N6OS2/c1-21-14-10(8-18-21)15(17-9-16-14)24-7-3-5-12-19-13(20-22-12)11-4-2-6-23-11/h2,4,6,8-9H,3,5,7H2,1H3. The number of hydrogen-bond acceptors (Lipinski definition) is 8. The first-order chi connectivity index (χ1) is 11.8. The molecule has 0 aliphatic carbocycles. The molecular weight excluding hydrogens is 344 g/mol. The molecule has 24 heavy (non-hydrogen) atoms. The zero-order valence-electron chi connectivity index (χ0n) is 12.9. The Morgan fingerprint density at radius 3 is 3.17 bits per heavy atom. The van der Waals surface area contributed by atoms with Gasteiger partial charge in [-0.15, -0.1) is 23.1 Å². The van der Waals surface area contributed by atoms with E-state index in [1.807, 2.05) is 30.8 Å². The van der Waals surface area contributed by atoms with Crippen LogP contribution < -0.4 is 0 Å². The van der Waals surface area contributed by atoms with Crippen molar-refractivity contribution in [1.29, 1.82) is 0 Å².